The summed E-state index contributed by atoms with van der Waals surface area (Å²) in [4.78, 5) is 11.5. The molecule has 1 amide bonds. The fraction of sp³-hybridized carbons (Fsp3) is 0.357. The molecule has 1 saturated carbocycles. The lowest BCUT2D eigenvalue weighted by Gasteiger charge is -2.17. The number of benzene rings is 1. The Morgan fingerprint density at radius 2 is 2.17 bits per heavy atom. The van der Waals surface area contributed by atoms with E-state index in [2.05, 4.69) is 0 Å². The molecule has 4 heteroatoms. The van der Waals surface area contributed by atoms with Crippen LogP contribution in [0.5, 0.6) is 0 Å². The Labute approximate surface area is 104 Å². The second-order valence-corrected chi connectivity index (χ2v) is 5.07. The number of rotatable bonds is 3. The van der Waals surface area contributed by atoms with Crippen molar-refractivity contribution in [3.05, 3.63) is 35.8 Å². The van der Waals surface area contributed by atoms with Crippen LogP contribution in [0.3, 0.4) is 0 Å². The summed E-state index contributed by atoms with van der Waals surface area (Å²) in [5.74, 6) is 0.0334. The molecule has 1 aliphatic rings. The Hall–Kier alpha value is -1.84. The molecule has 0 aliphatic heterocycles. The number of carbonyl (C=O) groups excluding carboxylic acids is 1. The van der Waals surface area contributed by atoms with Gasteiger partial charge in [-0.1, -0.05) is 6.92 Å². The molecule has 18 heavy (non-hydrogen) atoms. The van der Waals surface area contributed by atoms with Crippen LogP contribution in [0.15, 0.2) is 28.7 Å². The molecular formula is C14H14FNO2. The molecule has 0 radical (unpaired) electrons. The summed E-state index contributed by atoms with van der Waals surface area (Å²) < 4.78 is 18.7. The van der Waals surface area contributed by atoms with Gasteiger partial charge in [0.1, 0.15) is 17.2 Å². The molecule has 2 aromatic rings. The second-order valence-electron chi connectivity index (χ2n) is 5.07. The summed E-state index contributed by atoms with van der Waals surface area (Å²) in [5.41, 5.74) is 5.49. The number of halogens is 1. The molecular weight excluding hydrogens is 233 g/mol. The first-order chi connectivity index (χ1) is 8.53. The van der Waals surface area contributed by atoms with Crippen molar-refractivity contribution in [1.82, 2.24) is 0 Å². The van der Waals surface area contributed by atoms with Crippen LogP contribution < -0.4 is 5.73 Å². The van der Waals surface area contributed by atoms with Crippen LogP contribution in [0, 0.1) is 11.2 Å². The van der Waals surface area contributed by atoms with Crippen molar-refractivity contribution >= 4 is 16.9 Å². The molecule has 1 fully saturated rings. The fourth-order valence-electron chi connectivity index (χ4n) is 2.54. The van der Waals surface area contributed by atoms with E-state index >= 15 is 0 Å². The highest BCUT2D eigenvalue weighted by molar-refractivity contribution is 5.85. The van der Waals surface area contributed by atoms with E-state index in [-0.39, 0.29) is 17.6 Å². The molecule has 3 rings (SSSR count). The Morgan fingerprint density at radius 3 is 2.78 bits per heavy atom. The van der Waals surface area contributed by atoms with Gasteiger partial charge in [0.15, 0.2) is 0 Å². The minimum absolute atomic E-state index is 0.0644. The number of primary amides is 1. The zero-order valence-electron chi connectivity index (χ0n) is 10.1. The summed E-state index contributed by atoms with van der Waals surface area (Å²) >= 11 is 0. The van der Waals surface area contributed by atoms with Gasteiger partial charge in [-0.3, -0.25) is 4.79 Å². The van der Waals surface area contributed by atoms with Gasteiger partial charge in [-0.2, -0.15) is 0 Å². The number of furan rings is 1. The third-order valence-electron chi connectivity index (χ3n) is 4.04. The Kier molecular flexibility index (Phi) is 2.24. The first-order valence-corrected chi connectivity index (χ1v) is 6.02. The average molecular weight is 247 g/mol. The number of amides is 1. The molecule has 1 aromatic carbocycles. The SMILES string of the molecule is C[C@@H](c1cc2ccc(F)cc2o1)C1(C(N)=O)CC1. The summed E-state index contributed by atoms with van der Waals surface area (Å²) in [6.45, 7) is 1.94. The van der Waals surface area contributed by atoms with Crippen molar-refractivity contribution < 1.29 is 13.6 Å². The van der Waals surface area contributed by atoms with E-state index in [1.807, 2.05) is 13.0 Å². The zero-order valence-corrected chi connectivity index (χ0v) is 10.1. The van der Waals surface area contributed by atoms with Crippen molar-refractivity contribution in [2.24, 2.45) is 11.1 Å². The first kappa shape index (κ1) is 11.3. The van der Waals surface area contributed by atoms with Crippen molar-refractivity contribution in [2.45, 2.75) is 25.7 Å². The first-order valence-electron chi connectivity index (χ1n) is 6.02. The molecule has 0 unspecified atom stereocenters. The summed E-state index contributed by atoms with van der Waals surface area (Å²) in [6.07, 6.45) is 1.60. The minimum Gasteiger partial charge on any atom is -0.461 e. The van der Waals surface area contributed by atoms with E-state index in [1.165, 1.54) is 12.1 Å². The molecule has 0 spiro atoms. The van der Waals surface area contributed by atoms with E-state index in [9.17, 15) is 9.18 Å². The Morgan fingerprint density at radius 1 is 1.44 bits per heavy atom. The van der Waals surface area contributed by atoms with Gasteiger partial charge >= 0.3 is 0 Å². The van der Waals surface area contributed by atoms with Crippen molar-refractivity contribution in [2.75, 3.05) is 0 Å². The molecule has 1 heterocycles. The molecule has 2 N–H and O–H groups in total. The Bertz CT molecular complexity index is 628. The highest BCUT2D eigenvalue weighted by Gasteiger charge is 2.54. The maximum Gasteiger partial charge on any atom is 0.224 e. The van der Waals surface area contributed by atoms with Crippen molar-refractivity contribution in [3.63, 3.8) is 0 Å². The number of hydrogen-bond acceptors (Lipinski definition) is 2. The lowest BCUT2D eigenvalue weighted by Crippen LogP contribution is -2.29. The normalized spacial score (nSPS) is 18.8. The van der Waals surface area contributed by atoms with Gasteiger partial charge in [0.05, 0.1) is 5.41 Å². The smallest absolute Gasteiger partial charge is 0.224 e. The molecule has 1 aromatic heterocycles. The number of fused-ring (bicyclic) bond motifs is 1. The fourth-order valence-corrected chi connectivity index (χ4v) is 2.54. The maximum atomic E-state index is 13.1. The van der Waals surface area contributed by atoms with Gasteiger partial charge in [-0.25, -0.2) is 4.39 Å². The predicted octanol–water partition coefficient (Wildman–Crippen LogP) is 2.94. The molecule has 3 nitrogen and oxygen atoms in total. The van der Waals surface area contributed by atoms with E-state index in [0.29, 0.717) is 11.3 Å². The van der Waals surface area contributed by atoms with Crippen LogP contribution in [0.2, 0.25) is 0 Å². The van der Waals surface area contributed by atoms with Crippen LogP contribution in [0.1, 0.15) is 31.4 Å². The average Bonchev–Trinajstić information content (AvgIpc) is 3.03. The van der Waals surface area contributed by atoms with Gasteiger partial charge in [0, 0.05) is 17.4 Å². The highest BCUT2D eigenvalue weighted by Crippen LogP contribution is 2.56. The quantitative estimate of drug-likeness (QED) is 0.906. The molecule has 94 valence electrons. The van der Waals surface area contributed by atoms with Crippen molar-refractivity contribution in [3.8, 4) is 0 Å². The molecule has 1 aliphatic carbocycles. The number of hydrogen-bond donors (Lipinski definition) is 1. The topological polar surface area (TPSA) is 56.2 Å². The standard InChI is InChI=1S/C14H14FNO2/c1-8(14(4-5-14)13(16)17)11-6-9-2-3-10(15)7-12(9)18-11/h2-3,6-8H,4-5H2,1H3,(H2,16,17)/t8-/m0/s1. The van der Waals surface area contributed by atoms with Crippen LogP contribution in [0.4, 0.5) is 4.39 Å². The predicted molar refractivity (Wildman–Crippen MR) is 65.4 cm³/mol. The minimum atomic E-state index is -0.466. The van der Waals surface area contributed by atoms with Crippen LogP contribution in [-0.4, -0.2) is 5.91 Å². The monoisotopic (exact) mass is 247 g/mol. The maximum absolute atomic E-state index is 13.1. The van der Waals surface area contributed by atoms with Gasteiger partial charge in [0.2, 0.25) is 5.91 Å². The molecule has 0 saturated heterocycles. The largest absolute Gasteiger partial charge is 0.461 e. The lowest BCUT2D eigenvalue weighted by atomic mass is 9.88. The van der Waals surface area contributed by atoms with E-state index < -0.39 is 5.41 Å². The third kappa shape index (κ3) is 1.52. The van der Waals surface area contributed by atoms with Crippen LogP contribution >= 0.6 is 0 Å². The zero-order chi connectivity index (χ0) is 12.9. The van der Waals surface area contributed by atoms with Crippen molar-refractivity contribution in [1.29, 1.82) is 0 Å². The van der Waals surface area contributed by atoms with Crippen LogP contribution in [0.25, 0.3) is 11.0 Å². The van der Waals surface area contributed by atoms with Gasteiger partial charge in [-0.15, -0.1) is 0 Å². The van der Waals surface area contributed by atoms with E-state index in [4.69, 9.17) is 10.2 Å². The second kappa shape index (κ2) is 3.57. The number of carbonyl (C=O) groups is 1. The van der Waals surface area contributed by atoms with E-state index in [0.717, 1.165) is 18.2 Å². The number of nitrogens with two attached hydrogens (primary N) is 1. The molecule has 0 bridgehead atoms. The summed E-state index contributed by atoms with van der Waals surface area (Å²) in [6, 6.07) is 6.29. The third-order valence-corrected chi connectivity index (χ3v) is 4.04. The molecule has 1 atom stereocenters. The van der Waals surface area contributed by atoms with E-state index in [1.54, 1.807) is 6.07 Å². The van der Waals surface area contributed by atoms with Gasteiger partial charge in [0.25, 0.3) is 0 Å². The van der Waals surface area contributed by atoms with Gasteiger partial charge < -0.3 is 10.2 Å². The van der Waals surface area contributed by atoms with Crippen LogP contribution in [-0.2, 0) is 4.79 Å². The summed E-state index contributed by atoms with van der Waals surface area (Å²) in [5, 5.41) is 0.846. The lowest BCUT2D eigenvalue weighted by molar-refractivity contribution is -0.123. The summed E-state index contributed by atoms with van der Waals surface area (Å²) in [7, 11) is 0. The Balaban J connectivity index is 2.02. The van der Waals surface area contributed by atoms with Gasteiger partial charge in [-0.05, 0) is 31.0 Å². The highest BCUT2D eigenvalue weighted by atomic mass is 19.1.